The van der Waals surface area contributed by atoms with Gasteiger partial charge in [-0.05, 0) is 35.9 Å². The Labute approximate surface area is 187 Å². The summed E-state index contributed by atoms with van der Waals surface area (Å²) in [4.78, 5) is 21.3. The van der Waals surface area contributed by atoms with Crippen LogP contribution in [0.1, 0.15) is 21.5 Å². The molecule has 3 aromatic rings. The molecule has 3 N–H and O–H groups in total. The van der Waals surface area contributed by atoms with Gasteiger partial charge in [-0.3, -0.25) is 20.3 Å². The number of carboxylic acids is 1. The zero-order valence-electron chi connectivity index (χ0n) is 16.7. The van der Waals surface area contributed by atoms with Crippen LogP contribution >= 0.6 is 0 Å². The van der Waals surface area contributed by atoms with Gasteiger partial charge in [0.25, 0.3) is 15.7 Å². The number of nitro benzene ring substituents is 1. The largest absolute Gasteiger partial charge is 0.478 e. The Morgan fingerprint density at radius 3 is 2.42 bits per heavy atom. The fourth-order valence-corrected chi connectivity index (χ4v) is 3.97. The first-order chi connectivity index (χ1) is 15.7. The van der Waals surface area contributed by atoms with Crippen LogP contribution < -0.4 is 10.1 Å². The van der Waals surface area contributed by atoms with Gasteiger partial charge >= 0.3 is 5.97 Å². The molecule has 0 spiro atoms. The lowest BCUT2D eigenvalue weighted by Crippen LogP contribution is -2.17. The number of aromatic carboxylic acids is 1. The van der Waals surface area contributed by atoms with Crippen LogP contribution in [0.4, 0.5) is 17.1 Å². The van der Waals surface area contributed by atoms with Crippen molar-refractivity contribution in [3.8, 4) is 6.07 Å². The van der Waals surface area contributed by atoms with Gasteiger partial charge in [-0.1, -0.05) is 24.3 Å². The molecular formula is C21H15N5O6S. The molecule has 33 heavy (non-hydrogen) atoms. The highest BCUT2D eigenvalue weighted by Crippen LogP contribution is 2.29. The average Bonchev–Trinajstić information content (AvgIpc) is 2.79. The minimum absolute atomic E-state index is 0.0780. The van der Waals surface area contributed by atoms with E-state index in [-0.39, 0.29) is 16.9 Å². The maximum absolute atomic E-state index is 13.0. The van der Waals surface area contributed by atoms with Crippen molar-refractivity contribution in [3.05, 3.63) is 93.5 Å². The lowest BCUT2D eigenvalue weighted by Gasteiger charge is -2.13. The third-order valence-corrected chi connectivity index (χ3v) is 5.71. The monoisotopic (exact) mass is 465 g/mol. The van der Waals surface area contributed by atoms with Crippen molar-refractivity contribution in [2.45, 2.75) is 4.90 Å². The second-order valence-corrected chi connectivity index (χ2v) is 8.15. The van der Waals surface area contributed by atoms with E-state index in [2.05, 4.69) is 15.2 Å². The molecule has 0 aliphatic carbocycles. The Bertz CT molecular complexity index is 1400. The molecule has 0 atom stereocenters. The summed E-state index contributed by atoms with van der Waals surface area (Å²) in [5.74, 6) is -1.35. The number of hydrogen-bond acceptors (Lipinski definition) is 8. The summed E-state index contributed by atoms with van der Waals surface area (Å²) in [5.41, 5.74) is 2.54. The van der Waals surface area contributed by atoms with Gasteiger partial charge in [0.05, 0.1) is 39.7 Å². The third-order valence-electron chi connectivity index (χ3n) is 4.31. The summed E-state index contributed by atoms with van der Waals surface area (Å²) >= 11 is 0. The zero-order chi connectivity index (χ0) is 24.0. The molecule has 11 nitrogen and oxygen atoms in total. The van der Waals surface area contributed by atoms with E-state index in [1.54, 1.807) is 24.3 Å². The molecule has 0 saturated carbocycles. The molecule has 3 rings (SSSR count). The number of anilines is 2. The summed E-state index contributed by atoms with van der Waals surface area (Å²) in [6, 6.07) is 16.8. The average molecular weight is 465 g/mol. The molecule has 0 heterocycles. The van der Waals surface area contributed by atoms with E-state index < -0.39 is 31.5 Å². The highest BCUT2D eigenvalue weighted by molar-refractivity contribution is 7.93. The first-order valence-corrected chi connectivity index (χ1v) is 10.6. The lowest BCUT2D eigenvalue weighted by atomic mass is 10.2. The van der Waals surface area contributed by atoms with Crippen LogP contribution in [0, 0.1) is 21.4 Å². The molecule has 0 aromatic heterocycles. The second kappa shape index (κ2) is 9.58. The molecule has 166 valence electrons. The number of nitrogens with one attached hydrogen (secondary N) is 2. The Morgan fingerprint density at radius 1 is 1.09 bits per heavy atom. The SMILES string of the molecule is N#Cc1ccc(C=NNc2ccc([N+](=O)[O-])cc2S(=O)(=O)Nc2ccccc2C(=O)O)cc1. The number of nitriles is 1. The van der Waals surface area contributed by atoms with Crippen molar-refractivity contribution in [2.24, 2.45) is 5.10 Å². The highest BCUT2D eigenvalue weighted by atomic mass is 32.2. The Hall–Kier alpha value is -4.76. The standard InChI is InChI=1S/C21H15N5O6S/c22-12-14-5-7-15(8-6-14)13-23-24-19-10-9-16(26(29)30)11-20(19)33(31,32)25-18-4-2-1-3-17(18)21(27)28/h1-11,13,24-25H,(H,27,28). The molecule has 0 unspecified atom stereocenters. The van der Waals surface area contributed by atoms with E-state index in [0.717, 1.165) is 12.1 Å². The summed E-state index contributed by atoms with van der Waals surface area (Å²) in [7, 11) is -4.45. The molecule has 0 bridgehead atoms. The fraction of sp³-hybridized carbons (Fsp3) is 0. The smallest absolute Gasteiger partial charge is 0.337 e. The van der Waals surface area contributed by atoms with Crippen LogP contribution in [0.15, 0.2) is 76.7 Å². The molecule has 0 amide bonds. The Balaban J connectivity index is 1.96. The predicted molar refractivity (Wildman–Crippen MR) is 120 cm³/mol. The van der Waals surface area contributed by atoms with Gasteiger partial charge in [0.1, 0.15) is 4.90 Å². The van der Waals surface area contributed by atoms with Gasteiger partial charge in [-0.15, -0.1) is 0 Å². The topological polar surface area (TPSA) is 175 Å². The minimum atomic E-state index is -4.45. The van der Waals surface area contributed by atoms with E-state index in [1.807, 2.05) is 6.07 Å². The normalized spacial score (nSPS) is 11.0. The van der Waals surface area contributed by atoms with E-state index in [9.17, 15) is 28.4 Å². The summed E-state index contributed by atoms with van der Waals surface area (Å²) in [6.45, 7) is 0. The van der Waals surface area contributed by atoms with Crippen LogP contribution in [0.25, 0.3) is 0 Å². The molecular weight excluding hydrogens is 450 g/mol. The number of hydrogen-bond donors (Lipinski definition) is 3. The highest BCUT2D eigenvalue weighted by Gasteiger charge is 2.24. The van der Waals surface area contributed by atoms with Crippen molar-refractivity contribution >= 4 is 39.3 Å². The second-order valence-electron chi connectivity index (χ2n) is 6.50. The van der Waals surface area contributed by atoms with Gasteiger partial charge in [-0.25, -0.2) is 13.2 Å². The van der Waals surface area contributed by atoms with E-state index >= 15 is 0 Å². The zero-order valence-corrected chi connectivity index (χ0v) is 17.5. The Kier molecular flexibility index (Phi) is 6.65. The van der Waals surface area contributed by atoms with Crippen LogP contribution in [0.3, 0.4) is 0 Å². The van der Waals surface area contributed by atoms with Gasteiger partial charge in [-0.2, -0.15) is 10.4 Å². The maximum atomic E-state index is 13.0. The molecule has 12 heteroatoms. The van der Waals surface area contributed by atoms with E-state index in [1.165, 1.54) is 36.5 Å². The molecule has 0 aliphatic rings. The fourth-order valence-electron chi connectivity index (χ4n) is 2.72. The molecule has 0 fully saturated rings. The van der Waals surface area contributed by atoms with Crippen LogP contribution in [-0.2, 0) is 10.0 Å². The Morgan fingerprint density at radius 2 is 1.79 bits per heavy atom. The van der Waals surface area contributed by atoms with Gasteiger partial charge in [0, 0.05) is 12.1 Å². The van der Waals surface area contributed by atoms with Crippen LogP contribution in [0.2, 0.25) is 0 Å². The molecule has 0 aliphatic heterocycles. The van der Waals surface area contributed by atoms with Crippen molar-refractivity contribution < 1.29 is 23.2 Å². The summed E-state index contributed by atoms with van der Waals surface area (Å²) < 4.78 is 28.2. The first kappa shape index (κ1) is 22.9. The number of nitrogens with zero attached hydrogens (tertiary/aromatic N) is 3. The predicted octanol–water partition coefficient (Wildman–Crippen LogP) is 3.41. The van der Waals surface area contributed by atoms with Crippen molar-refractivity contribution in [1.82, 2.24) is 0 Å². The van der Waals surface area contributed by atoms with Gasteiger partial charge in [0.2, 0.25) is 0 Å². The summed E-state index contributed by atoms with van der Waals surface area (Å²) in [5, 5.41) is 33.3. The van der Waals surface area contributed by atoms with Crippen LogP contribution in [-0.4, -0.2) is 30.6 Å². The minimum Gasteiger partial charge on any atom is -0.478 e. The van der Waals surface area contributed by atoms with Crippen molar-refractivity contribution in [1.29, 1.82) is 5.26 Å². The number of para-hydroxylation sites is 1. The molecule has 0 radical (unpaired) electrons. The number of carbonyl (C=O) groups is 1. The third kappa shape index (κ3) is 5.49. The number of carboxylic acid groups (broad SMARTS) is 1. The number of rotatable bonds is 8. The van der Waals surface area contributed by atoms with E-state index in [0.29, 0.717) is 11.1 Å². The van der Waals surface area contributed by atoms with Crippen molar-refractivity contribution in [3.63, 3.8) is 0 Å². The molecule has 3 aromatic carbocycles. The van der Waals surface area contributed by atoms with Gasteiger partial charge in [0.15, 0.2) is 0 Å². The van der Waals surface area contributed by atoms with Crippen LogP contribution in [0.5, 0.6) is 0 Å². The maximum Gasteiger partial charge on any atom is 0.337 e. The lowest BCUT2D eigenvalue weighted by molar-refractivity contribution is -0.385. The number of non-ortho nitro benzene ring substituents is 1. The number of hydrazone groups is 1. The quantitative estimate of drug-likeness (QED) is 0.257. The number of nitro groups is 1. The van der Waals surface area contributed by atoms with Crippen molar-refractivity contribution in [2.75, 3.05) is 10.1 Å². The number of sulfonamides is 1. The van der Waals surface area contributed by atoms with Gasteiger partial charge < -0.3 is 5.11 Å². The first-order valence-electron chi connectivity index (χ1n) is 9.14. The summed E-state index contributed by atoms with van der Waals surface area (Å²) in [6.07, 6.45) is 1.37. The van der Waals surface area contributed by atoms with E-state index in [4.69, 9.17) is 5.26 Å². The molecule has 0 saturated heterocycles. The number of benzene rings is 3.